The molecule has 1 spiro atoms. The molecule has 1 saturated carbocycles. The minimum atomic E-state index is -0.770. The Balaban J connectivity index is 1.97. The molecule has 2 unspecified atom stereocenters. The molecule has 3 nitrogen and oxygen atoms in total. The molecule has 2 aliphatic rings. The molecule has 0 aromatic heterocycles. The Morgan fingerprint density at radius 3 is 2.62 bits per heavy atom. The molecule has 0 bridgehead atoms. The normalized spacial score (nSPS) is 26.8. The summed E-state index contributed by atoms with van der Waals surface area (Å²) in [5, 5.41) is 10.0. The van der Waals surface area contributed by atoms with Crippen molar-refractivity contribution in [2.24, 2.45) is 5.92 Å². The molecular weight excluding hydrogens is 264 g/mol. The second-order valence-corrected chi connectivity index (χ2v) is 6.57. The van der Waals surface area contributed by atoms with Crippen LogP contribution in [0.2, 0.25) is 0 Å². The molecule has 1 aromatic rings. The molecule has 3 heteroatoms. The van der Waals surface area contributed by atoms with Crippen LogP contribution in [0.4, 0.5) is 0 Å². The van der Waals surface area contributed by atoms with Crippen molar-refractivity contribution in [1.82, 2.24) is 0 Å². The molecule has 1 aliphatic carbocycles. The van der Waals surface area contributed by atoms with Crippen molar-refractivity contribution in [1.29, 1.82) is 0 Å². The van der Waals surface area contributed by atoms with Crippen molar-refractivity contribution in [3.63, 3.8) is 0 Å². The molecule has 1 aliphatic heterocycles. The second-order valence-electron chi connectivity index (χ2n) is 6.57. The number of hydrogen-bond acceptors (Lipinski definition) is 2. The van der Waals surface area contributed by atoms with E-state index in [1.54, 1.807) is 0 Å². The van der Waals surface area contributed by atoms with E-state index < -0.39 is 11.4 Å². The highest BCUT2D eigenvalue weighted by atomic mass is 16.5. The summed E-state index contributed by atoms with van der Waals surface area (Å²) in [5.74, 6) is -0.519. The smallest absolute Gasteiger partial charge is 0.314 e. The van der Waals surface area contributed by atoms with Gasteiger partial charge in [-0.05, 0) is 50.0 Å². The Morgan fingerprint density at radius 2 is 2.10 bits per heavy atom. The number of rotatable bonds is 4. The van der Waals surface area contributed by atoms with Crippen molar-refractivity contribution < 1.29 is 14.6 Å². The largest absolute Gasteiger partial charge is 0.481 e. The topological polar surface area (TPSA) is 46.5 Å². The highest BCUT2D eigenvalue weighted by molar-refractivity contribution is 5.82. The van der Waals surface area contributed by atoms with Crippen molar-refractivity contribution in [2.75, 3.05) is 6.61 Å². The van der Waals surface area contributed by atoms with Gasteiger partial charge < -0.3 is 9.84 Å². The minimum absolute atomic E-state index is 0.0203. The van der Waals surface area contributed by atoms with Crippen LogP contribution in [0.1, 0.15) is 51.0 Å². The first-order valence-corrected chi connectivity index (χ1v) is 8.06. The van der Waals surface area contributed by atoms with E-state index in [9.17, 15) is 9.90 Å². The summed E-state index contributed by atoms with van der Waals surface area (Å²) in [6, 6.07) is 9.78. The van der Waals surface area contributed by atoms with E-state index in [1.165, 1.54) is 6.42 Å². The van der Waals surface area contributed by atoms with Crippen LogP contribution >= 0.6 is 0 Å². The lowest BCUT2D eigenvalue weighted by atomic mass is 9.60. The number of hydrogen-bond donors (Lipinski definition) is 1. The number of carboxylic acid groups (broad SMARTS) is 1. The van der Waals surface area contributed by atoms with Crippen molar-refractivity contribution in [3.05, 3.63) is 35.9 Å². The van der Waals surface area contributed by atoms with Gasteiger partial charge in [0.2, 0.25) is 0 Å². The van der Waals surface area contributed by atoms with Gasteiger partial charge in [0, 0.05) is 6.61 Å². The van der Waals surface area contributed by atoms with E-state index in [2.05, 4.69) is 0 Å². The number of carbonyl (C=O) groups is 1. The van der Waals surface area contributed by atoms with E-state index in [0.29, 0.717) is 13.0 Å². The Labute approximate surface area is 126 Å². The minimum Gasteiger partial charge on any atom is -0.481 e. The van der Waals surface area contributed by atoms with Crippen LogP contribution in [0.15, 0.2) is 30.3 Å². The van der Waals surface area contributed by atoms with Crippen molar-refractivity contribution >= 4 is 5.97 Å². The van der Waals surface area contributed by atoms with Crippen LogP contribution in [0, 0.1) is 5.92 Å². The third-order valence-corrected chi connectivity index (χ3v) is 5.68. The number of carboxylic acids is 1. The third kappa shape index (κ3) is 2.28. The molecule has 2 atom stereocenters. The molecule has 114 valence electrons. The number of benzene rings is 1. The Morgan fingerprint density at radius 1 is 1.38 bits per heavy atom. The fraction of sp³-hybridized carbons (Fsp3) is 0.611. The zero-order chi connectivity index (χ0) is 14.9. The summed E-state index contributed by atoms with van der Waals surface area (Å²) < 4.78 is 5.99. The first-order valence-electron chi connectivity index (χ1n) is 8.06. The van der Waals surface area contributed by atoms with Gasteiger partial charge in [-0.1, -0.05) is 37.3 Å². The van der Waals surface area contributed by atoms with Gasteiger partial charge >= 0.3 is 5.97 Å². The van der Waals surface area contributed by atoms with Crippen LogP contribution < -0.4 is 0 Å². The van der Waals surface area contributed by atoms with E-state index >= 15 is 0 Å². The lowest BCUT2D eigenvalue weighted by Crippen LogP contribution is -2.53. The van der Waals surface area contributed by atoms with Crippen LogP contribution in [-0.4, -0.2) is 23.3 Å². The molecule has 1 N–H and O–H groups in total. The van der Waals surface area contributed by atoms with Gasteiger partial charge in [0.1, 0.15) is 0 Å². The Hall–Kier alpha value is -1.35. The molecular formula is C18H24O3. The summed E-state index contributed by atoms with van der Waals surface area (Å²) in [6.45, 7) is 2.70. The van der Waals surface area contributed by atoms with Gasteiger partial charge in [0.25, 0.3) is 0 Å². The summed E-state index contributed by atoms with van der Waals surface area (Å²) >= 11 is 0. The Kier molecular flexibility index (Phi) is 3.78. The SMILES string of the molecule is CCC(C(=O)O)(c1ccccc1)C1CCOC2(CCC2)C1. The highest BCUT2D eigenvalue weighted by Crippen LogP contribution is 2.50. The van der Waals surface area contributed by atoms with Gasteiger partial charge in [0.15, 0.2) is 0 Å². The molecule has 3 rings (SSSR count). The first kappa shape index (κ1) is 14.6. The van der Waals surface area contributed by atoms with Crippen LogP contribution in [-0.2, 0) is 14.9 Å². The average Bonchev–Trinajstić information content (AvgIpc) is 2.48. The van der Waals surface area contributed by atoms with Crippen LogP contribution in [0.25, 0.3) is 0 Å². The predicted molar refractivity (Wildman–Crippen MR) is 81.3 cm³/mol. The molecule has 1 heterocycles. The van der Waals surface area contributed by atoms with Crippen molar-refractivity contribution in [2.45, 2.75) is 56.5 Å². The zero-order valence-electron chi connectivity index (χ0n) is 12.7. The molecule has 0 amide bonds. The molecule has 0 radical (unpaired) electrons. The lowest BCUT2D eigenvalue weighted by Gasteiger charge is -2.51. The van der Waals surface area contributed by atoms with Crippen molar-refractivity contribution in [3.8, 4) is 0 Å². The van der Waals surface area contributed by atoms with Crippen LogP contribution in [0.5, 0.6) is 0 Å². The number of aliphatic carboxylic acids is 1. The number of ether oxygens (including phenoxy) is 1. The predicted octanol–water partition coefficient (Wildman–Crippen LogP) is 3.77. The highest BCUT2D eigenvalue weighted by Gasteiger charge is 2.52. The Bertz CT molecular complexity index is 506. The van der Waals surface area contributed by atoms with Gasteiger partial charge in [-0.25, -0.2) is 0 Å². The van der Waals surface area contributed by atoms with E-state index in [-0.39, 0.29) is 11.5 Å². The van der Waals surface area contributed by atoms with E-state index in [4.69, 9.17) is 4.74 Å². The molecule has 21 heavy (non-hydrogen) atoms. The maximum absolute atomic E-state index is 12.2. The summed E-state index contributed by atoms with van der Waals surface area (Å²) in [6.07, 6.45) is 5.77. The van der Waals surface area contributed by atoms with Crippen LogP contribution in [0.3, 0.4) is 0 Å². The summed E-state index contributed by atoms with van der Waals surface area (Å²) in [5.41, 5.74) is 0.155. The zero-order valence-corrected chi connectivity index (χ0v) is 12.7. The molecule has 2 fully saturated rings. The maximum Gasteiger partial charge on any atom is 0.314 e. The second kappa shape index (κ2) is 5.45. The average molecular weight is 288 g/mol. The monoisotopic (exact) mass is 288 g/mol. The fourth-order valence-corrected chi connectivity index (χ4v) is 4.28. The van der Waals surface area contributed by atoms with Gasteiger partial charge in [-0.3, -0.25) is 4.79 Å². The summed E-state index contributed by atoms with van der Waals surface area (Å²) in [7, 11) is 0. The molecule has 1 saturated heterocycles. The summed E-state index contributed by atoms with van der Waals surface area (Å²) in [4.78, 5) is 12.2. The first-order chi connectivity index (χ1) is 10.1. The van der Waals surface area contributed by atoms with E-state index in [0.717, 1.165) is 31.2 Å². The fourth-order valence-electron chi connectivity index (χ4n) is 4.28. The van der Waals surface area contributed by atoms with E-state index in [1.807, 2.05) is 37.3 Å². The van der Waals surface area contributed by atoms with Gasteiger partial charge in [0.05, 0.1) is 11.0 Å². The standard InChI is InChI=1S/C18H24O3/c1-2-18(16(19)20,14-7-4-3-5-8-14)15-9-12-21-17(13-15)10-6-11-17/h3-5,7-8,15H,2,6,9-13H2,1H3,(H,19,20). The maximum atomic E-state index is 12.2. The van der Waals surface area contributed by atoms with Gasteiger partial charge in [-0.2, -0.15) is 0 Å². The van der Waals surface area contributed by atoms with Gasteiger partial charge in [-0.15, -0.1) is 0 Å². The molecule has 1 aromatic carbocycles. The lowest BCUT2D eigenvalue weighted by molar-refractivity contribution is -0.167. The quantitative estimate of drug-likeness (QED) is 0.917. The third-order valence-electron chi connectivity index (χ3n) is 5.68.